The van der Waals surface area contributed by atoms with E-state index >= 15 is 0 Å². The molecule has 3 rings (SSSR count). The Balaban J connectivity index is 1.76. The number of amides is 2. The third-order valence-corrected chi connectivity index (χ3v) is 6.63. The molecule has 1 saturated heterocycles. The SMILES string of the molecule is CN(C)CCN(C(=O)Nc1cc(-c2ccccc2)n(C)n1)C1CCS(=O)(=O)C1. The van der Waals surface area contributed by atoms with E-state index in [0.717, 1.165) is 11.3 Å². The number of hydrogen-bond acceptors (Lipinski definition) is 5. The van der Waals surface area contributed by atoms with Crippen molar-refractivity contribution in [2.24, 2.45) is 7.05 Å². The Morgan fingerprint density at radius 2 is 1.96 bits per heavy atom. The monoisotopic (exact) mass is 405 g/mol. The molecule has 2 amide bonds. The Labute approximate surface area is 166 Å². The number of aryl methyl sites for hydroxylation is 1. The molecular formula is C19H27N5O3S. The van der Waals surface area contributed by atoms with E-state index in [2.05, 4.69) is 10.4 Å². The van der Waals surface area contributed by atoms with Gasteiger partial charge in [-0.3, -0.25) is 10.00 Å². The maximum Gasteiger partial charge on any atom is 0.323 e. The minimum absolute atomic E-state index is 0.0192. The van der Waals surface area contributed by atoms with Crippen molar-refractivity contribution in [3.05, 3.63) is 36.4 Å². The first-order chi connectivity index (χ1) is 13.2. The number of likely N-dealkylation sites (N-methyl/N-ethyl adjacent to an activating group) is 1. The Morgan fingerprint density at radius 1 is 1.25 bits per heavy atom. The van der Waals surface area contributed by atoms with Gasteiger partial charge in [0.25, 0.3) is 0 Å². The first-order valence-electron chi connectivity index (χ1n) is 9.27. The molecule has 1 N–H and O–H groups in total. The number of hydrogen-bond donors (Lipinski definition) is 1. The fourth-order valence-corrected chi connectivity index (χ4v) is 5.10. The maximum atomic E-state index is 12.9. The first kappa shape index (κ1) is 20.3. The zero-order valence-corrected chi connectivity index (χ0v) is 17.3. The topological polar surface area (TPSA) is 87.5 Å². The summed E-state index contributed by atoms with van der Waals surface area (Å²) in [4.78, 5) is 16.5. The van der Waals surface area contributed by atoms with Gasteiger partial charge >= 0.3 is 6.03 Å². The summed E-state index contributed by atoms with van der Waals surface area (Å²) in [5, 5.41) is 7.23. The fourth-order valence-electron chi connectivity index (χ4n) is 3.37. The lowest BCUT2D eigenvalue weighted by atomic mass is 10.1. The molecule has 1 aromatic carbocycles. The van der Waals surface area contributed by atoms with Crippen molar-refractivity contribution in [3.63, 3.8) is 0 Å². The molecule has 1 fully saturated rings. The minimum Gasteiger partial charge on any atom is -0.319 e. The van der Waals surface area contributed by atoms with Crippen molar-refractivity contribution in [2.75, 3.05) is 44.0 Å². The van der Waals surface area contributed by atoms with Crippen LogP contribution in [-0.4, -0.2) is 78.8 Å². The number of rotatable bonds is 6. The number of urea groups is 1. The standard InChI is InChI=1S/C19H27N5O3S/c1-22(2)10-11-24(16-9-12-28(26,27)14-16)19(25)20-18-13-17(23(3)21-18)15-7-5-4-6-8-15/h4-8,13,16H,9-12,14H2,1-3H3,(H,20,21,25). The van der Waals surface area contributed by atoms with Crippen LogP contribution in [0.4, 0.5) is 10.6 Å². The predicted molar refractivity (Wildman–Crippen MR) is 110 cm³/mol. The van der Waals surface area contributed by atoms with E-state index in [9.17, 15) is 13.2 Å². The maximum absolute atomic E-state index is 12.9. The third kappa shape index (κ3) is 4.90. The van der Waals surface area contributed by atoms with Crippen molar-refractivity contribution in [3.8, 4) is 11.3 Å². The second-order valence-electron chi connectivity index (χ2n) is 7.39. The van der Waals surface area contributed by atoms with Crippen LogP contribution < -0.4 is 5.32 Å². The van der Waals surface area contributed by atoms with Crippen LogP contribution >= 0.6 is 0 Å². The van der Waals surface area contributed by atoms with E-state index in [4.69, 9.17) is 0 Å². The van der Waals surface area contributed by atoms with Crippen molar-refractivity contribution in [1.29, 1.82) is 0 Å². The lowest BCUT2D eigenvalue weighted by molar-refractivity contribution is 0.186. The molecule has 1 aliphatic rings. The Kier molecular flexibility index (Phi) is 6.04. The average Bonchev–Trinajstić information content (AvgIpc) is 3.17. The molecule has 152 valence electrons. The van der Waals surface area contributed by atoms with Crippen LogP contribution in [0.1, 0.15) is 6.42 Å². The molecule has 0 aliphatic carbocycles. The van der Waals surface area contributed by atoms with E-state index in [1.807, 2.05) is 62.4 Å². The molecule has 1 atom stereocenters. The van der Waals surface area contributed by atoms with Gasteiger partial charge in [-0.2, -0.15) is 5.10 Å². The highest BCUT2D eigenvalue weighted by atomic mass is 32.2. The summed E-state index contributed by atoms with van der Waals surface area (Å²) in [7, 11) is 2.59. The van der Waals surface area contributed by atoms with Crippen LogP contribution in [0.5, 0.6) is 0 Å². The second kappa shape index (κ2) is 8.32. The number of benzene rings is 1. The van der Waals surface area contributed by atoms with Crippen molar-refractivity contribution >= 4 is 21.7 Å². The summed E-state index contributed by atoms with van der Waals surface area (Å²) in [6.45, 7) is 1.11. The van der Waals surface area contributed by atoms with E-state index < -0.39 is 9.84 Å². The van der Waals surface area contributed by atoms with Gasteiger partial charge in [-0.05, 0) is 26.1 Å². The first-order valence-corrected chi connectivity index (χ1v) is 11.1. The number of aromatic nitrogens is 2. The normalized spacial score (nSPS) is 18.4. The number of anilines is 1. The van der Waals surface area contributed by atoms with E-state index in [-0.39, 0.29) is 23.6 Å². The van der Waals surface area contributed by atoms with E-state index in [0.29, 0.717) is 25.3 Å². The van der Waals surface area contributed by atoms with Gasteiger partial charge in [0, 0.05) is 32.2 Å². The summed E-state index contributed by atoms with van der Waals surface area (Å²) in [5.41, 5.74) is 1.89. The largest absolute Gasteiger partial charge is 0.323 e. The van der Waals surface area contributed by atoms with Crippen LogP contribution in [0.2, 0.25) is 0 Å². The van der Waals surface area contributed by atoms with Gasteiger partial charge in [0.15, 0.2) is 15.7 Å². The molecule has 2 aromatic rings. The lowest BCUT2D eigenvalue weighted by Gasteiger charge is -2.29. The molecule has 1 unspecified atom stereocenters. The molecule has 8 nitrogen and oxygen atoms in total. The molecular weight excluding hydrogens is 378 g/mol. The quantitative estimate of drug-likeness (QED) is 0.790. The fraction of sp³-hybridized carbons (Fsp3) is 0.474. The smallest absolute Gasteiger partial charge is 0.319 e. The summed E-state index contributed by atoms with van der Waals surface area (Å²) < 4.78 is 25.5. The Bertz CT molecular complexity index is 924. The molecule has 0 saturated carbocycles. The van der Waals surface area contributed by atoms with Gasteiger partial charge in [-0.25, -0.2) is 13.2 Å². The number of sulfone groups is 1. The molecule has 1 aliphatic heterocycles. The van der Waals surface area contributed by atoms with Crippen molar-refractivity contribution < 1.29 is 13.2 Å². The van der Waals surface area contributed by atoms with Gasteiger partial charge in [-0.1, -0.05) is 30.3 Å². The zero-order chi connectivity index (χ0) is 20.3. The molecule has 0 spiro atoms. The van der Waals surface area contributed by atoms with Crippen molar-refractivity contribution in [2.45, 2.75) is 12.5 Å². The Hall–Kier alpha value is -2.39. The molecule has 0 bridgehead atoms. The second-order valence-corrected chi connectivity index (χ2v) is 9.62. The van der Waals surface area contributed by atoms with Crippen LogP contribution in [0.15, 0.2) is 36.4 Å². The van der Waals surface area contributed by atoms with Gasteiger partial charge in [-0.15, -0.1) is 0 Å². The third-order valence-electron chi connectivity index (χ3n) is 4.88. The number of carbonyl (C=O) groups is 1. The molecule has 1 aromatic heterocycles. The van der Waals surface area contributed by atoms with Crippen LogP contribution in [0, 0.1) is 0 Å². The van der Waals surface area contributed by atoms with Crippen LogP contribution in [0.3, 0.4) is 0 Å². The molecule has 0 radical (unpaired) electrons. The predicted octanol–water partition coefficient (Wildman–Crippen LogP) is 1.67. The highest BCUT2D eigenvalue weighted by Crippen LogP contribution is 2.23. The zero-order valence-electron chi connectivity index (χ0n) is 16.5. The van der Waals surface area contributed by atoms with Gasteiger partial charge in [0.2, 0.25) is 0 Å². The summed E-state index contributed by atoms with van der Waals surface area (Å²) in [6, 6.07) is 11.0. The van der Waals surface area contributed by atoms with Crippen molar-refractivity contribution in [1.82, 2.24) is 19.6 Å². The van der Waals surface area contributed by atoms with E-state index in [1.165, 1.54) is 0 Å². The summed E-state index contributed by atoms with van der Waals surface area (Å²) in [5.74, 6) is 0.596. The lowest BCUT2D eigenvalue weighted by Crippen LogP contribution is -2.46. The molecule has 28 heavy (non-hydrogen) atoms. The summed E-state index contributed by atoms with van der Waals surface area (Å²) >= 11 is 0. The highest BCUT2D eigenvalue weighted by molar-refractivity contribution is 7.91. The summed E-state index contributed by atoms with van der Waals surface area (Å²) in [6.07, 6.45) is 0.473. The van der Waals surface area contributed by atoms with Gasteiger partial charge < -0.3 is 9.80 Å². The number of carbonyl (C=O) groups excluding carboxylic acids is 1. The van der Waals surface area contributed by atoms with Gasteiger partial charge in [0.1, 0.15) is 0 Å². The number of nitrogens with zero attached hydrogens (tertiary/aromatic N) is 4. The molecule has 2 heterocycles. The van der Waals surface area contributed by atoms with Crippen LogP contribution in [-0.2, 0) is 16.9 Å². The number of nitrogens with one attached hydrogen (secondary N) is 1. The van der Waals surface area contributed by atoms with Gasteiger partial charge in [0.05, 0.1) is 17.2 Å². The highest BCUT2D eigenvalue weighted by Gasteiger charge is 2.34. The van der Waals surface area contributed by atoms with E-state index in [1.54, 1.807) is 9.58 Å². The Morgan fingerprint density at radius 3 is 2.57 bits per heavy atom. The minimum atomic E-state index is -3.08. The van der Waals surface area contributed by atoms with Crippen LogP contribution in [0.25, 0.3) is 11.3 Å². The molecule has 9 heteroatoms. The average molecular weight is 406 g/mol.